The van der Waals surface area contributed by atoms with Gasteiger partial charge in [0, 0.05) is 12.1 Å². The number of ether oxygens (including phenoxy) is 1. The lowest BCUT2D eigenvalue weighted by Gasteiger charge is -2.14. The monoisotopic (exact) mass is 434 g/mol. The molecule has 164 valence electrons. The van der Waals surface area contributed by atoms with Crippen LogP contribution >= 0.6 is 0 Å². The number of phenols is 1. The number of amides is 2. The second-order valence-corrected chi connectivity index (χ2v) is 7.00. The van der Waals surface area contributed by atoms with Crippen molar-refractivity contribution in [2.24, 2.45) is 0 Å². The number of benzene rings is 3. The van der Waals surface area contributed by atoms with Crippen molar-refractivity contribution in [2.45, 2.75) is 19.6 Å². The van der Waals surface area contributed by atoms with Gasteiger partial charge in [-0.3, -0.25) is 4.79 Å². The van der Waals surface area contributed by atoms with Crippen LogP contribution in [-0.2, 0) is 11.3 Å². The van der Waals surface area contributed by atoms with Gasteiger partial charge in [0.25, 0.3) is 5.91 Å². The summed E-state index contributed by atoms with van der Waals surface area (Å²) in [6, 6.07) is 19.2. The van der Waals surface area contributed by atoms with E-state index in [1.54, 1.807) is 61.5 Å². The molecule has 0 saturated carbocycles. The number of carboxylic acids is 1. The van der Waals surface area contributed by atoms with Gasteiger partial charge in [-0.25, -0.2) is 9.59 Å². The number of hydrogen-bond donors (Lipinski definition) is 4. The summed E-state index contributed by atoms with van der Waals surface area (Å²) < 4.78 is 5.31. The molecule has 0 radical (unpaired) electrons. The van der Waals surface area contributed by atoms with Crippen molar-refractivity contribution >= 4 is 23.7 Å². The highest BCUT2D eigenvalue weighted by Gasteiger charge is 2.13. The van der Waals surface area contributed by atoms with Crippen LogP contribution in [0.15, 0.2) is 72.8 Å². The van der Waals surface area contributed by atoms with Crippen LogP contribution in [0.3, 0.4) is 0 Å². The molecule has 0 saturated heterocycles. The van der Waals surface area contributed by atoms with E-state index in [0.29, 0.717) is 16.8 Å². The summed E-state index contributed by atoms with van der Waals surface area (Å²) >= 11 is 0. The Balaban J connectivity index is 1.50. The first-order valence-corrected chi connectivity index (χ1v) is 9.79. The van der Waals surface area contributed by atoms with Crippen molar-refractivity contribution in [3.8, 4) is 5.75 Å². The number of nitrogens with one attached hydrogen (secondary N) is 2. The topological polar surface area (TPSA) is 125 Å². The highest BCUT2D eigenvalue weighted by molar-refractivity contribution is 6.05. The molecule has 0 fully saturated rings. The molecule has 3 aromatic carbocycles. The van der Waals surface area contributed by atoms with E-state index in [1.807, 2.05) is 0 Å². The molecule has 8 heteroatoms. The number of aromatic carboxylic acids is 1. The van der Waals surface area contributed by atoms with Gasteiger partial charge in [-0.1, -0.05) is 36.4 Å². The van der Waals surface area contributed by atoms with Crippen LogP contribution in [-0.4, -0.2) is 28.2 Å². The summed E-state index contributed by atoms with van der Waals surface area (Å²) in [5.74, 6) is -1.41. The standard InChI is InChI=1S/C24H22N2O6/c1-15(17-10-12-19(13-11-17)23(29)30)32-24(31)25-14-16-6-8-18(9-7-16)22(28)26-20-4-2-3-5-21(20)27/h2-13,15,27H,14H2,1H3,(H,25,31)(H,26,28)(H,29,30)/t15-/m1/s1. The molecule has 0 spiro atoms. The van der Waals surface area contributed by atoms with Gasteiger partial charge in [0.1, 0.15) is 11.9 Å². The van der Waals surface area contributed by atoms with Gasteiger partial charge >= 0.3 is 12.1 Å². The number of carbonyl (C=O) groups is 3. The van der Waals surface area contributed by atoms with E-state index in [-0.39, 0.29) is 23.8 Å². The molecule has 0 aliphatic carbocycles. The third-order valence-electron chi connectivity index (χ3n) is 4.72. The van der Waals surface area contributed by atoms with Crippen molar-refractivity contribution < 1.29 is 29.3 Å². The van der Waals surface area contributed by atoms with E-state index in [0.717, 1.165) is 5.56 Å². The lowest BCUT2D eigenvalue weighted by atomic mass is 10.1. The number of rotatable bonds is 7. The van der Waals surface area contributed by atoms with E-state index in [9.17, 15) is 19.5 Å². The van der Waals surface area contributed by atoms with Crippen LogP contribution in [0.5, 0.6) is 5.75 Å². The maximum absolute atomic E-state index is 12.3. The Morgan fingerprint density at radius 2 is 1.53 bits per heavy atom. The molecule has 3 aromatic rings. The Morgan fingerprint density at radius 1 is 0.906 bits per heavy atom. The zero-order chi connectivity index (χ0) is 23.1. The third-order valence-corrected chi connectivity index (χ3v) is 4.72. The number of anilines is 1. The molecule has 2 amide bonds. The highest BCUT2D eigenvalue weighted by atomic mass is 16.6. The number of para-hydroxylation sites is 2. The Kier molecular flexibility index (Phi) is 7.07. The third kappa shape index (κ3) is 5.85. The largest absolute Gasteiger partial charge is 0.506 e. The average molecular weight is 434 g/mol. The minimum atomic E-state index is -1.02. The summed E-state index contributed by atoms with van der Waals surface area (Å²) in [5.41, 5.74) is 2.31. The molecule has 8 nitrogen and oxygen atoms in total. The number of aromatic hydroxyl groups is 1. The van der Waals surface area contributed by atoms with E-state index < -0.39 is 18.2 Å². The second-order valence-electron chi connectivity index (χ2n) is 7.00. The molecule has 32 heavy (non-hydrogen) atoms. The fourth-order valence-electron chi connectivity index (χ4n) is 2.89. The lowest BCUT2D eigenvalue weighted by molar-refractivity contribution is 0.0695. The normalized spacial score (nSPS) is 11.3. The van der Waals surface area contributed by atoms with Crippen molar-refractivity contribution in [2.75, 3.05) is 5.32 Å². The summed E-state index contributed by atoms with van der Waals surface area (Å²) in [5, 5.41) is 24.0. The molecule has 1 atom stereocenters. The molecule has 4 N–H and O–H groups in total. The molecule has 0 aliphatic heterocycles. The summed E-state index contributed by atoms with van der Waals surface area (Å²) in [6.45, 7) is 1.89. The van der Waals surface area contributed by atoms with Gasteiger partial charge in [0.05, 0.1) is 11.3 Å². The molecule has 3 rings (SSSR count). The fourth-order valence-corrected chi connectivity index (χ4v) is 2.89. The van der Waals surface area contributed by atoms with Crippen molar-refractivity contribution in [1.29, 1.82) is 0 Å². The van der Waals surface area contributed by atoms with Gasteiger partial charge in [-0.05, 0) is 54.4 Å². The van der Waals surface area contributed by atoms with E-state index in [1.165, 1.54) is 18.2 Å². The minimum absolute atomic E-state index is 0.0211. The molecular weight excluding hydrogens is 412 g/mol. The van der Waals surface area contributed by atoms with Gasteiger partial charge in [0.2, 0.25) is 0 Å². The molecule has 0 heterocycles. The van der Waals surface area contributed by atoms with Gasteiger partial charge in [0.15, 0.2) is 0 Å². The van der Waals surface area contributed by atoms with E-state index >= 15 is 0 Å². The fraction of sp³-hybridized carbons (Fsp3) is 0.125. The zero-order valence-corrected chi connectivity index (χ0v) is 17.2. The summed E-state index contributed by atoms with van der Waals surface area (Å²) in [7, 11) is 0. The Labute approximate surface area is 184 Å². The van der Waals surface area contributed by atoms with Crippen LogP contribution in [0.25, 0.3) is 0 Å². The SMILES string of the molecule is C[C@@H](OC(=O)NCc1ccc(C(=O)Nc2ccccc2O)cc1)c1ccc(C(=O)O)cc1. The Hall–Kier alpha value is -4.33. The number of carboxylic acid groups (broad SMARTS) is 1. The predicted molar refractivity (Wildman–Crippen MR) is 118 cm³/mol. The molecule has 0 aliphatic rings. The average Bonchev–Trinajstić information content (AvgIpc) is 2.79. The van der Waals surface area contributed by atoms with Crippen LogP contribution in [0, 0.1) is 0 Å². The van der Waals surface area contributed by atoms with Crippen LogP contribution in [0.2, 0.25) is 0 Å². The van der Waals surface area contributed by atoms with Crippen LogP contribution < -0.4 is 10.6 Å². The Morgan fingerprint density at radius 3 is 2.16 bits per heavy atom. The highest BCUT2D eigenvalue weighted by Crippen LogP contribution is 2.22. The van der Waals surface area contributed by atoms with Gasteiger partial charge < -0.3 is 25.6 Å². The van der Waals surface area contributed by atoms with Crippen LogP contribution in [0.1, 0.15) is 44.9 Å². The van der Waals surface area contributed by atoms with Crippen molar-refractivity contribution in [3.05, 3.63) is 95.1 Å². The van der Waals surface area contributed by atoms with Crippen molar-refractivity contribution in [3.63, 3.8) is 0 Å². The number of phenolic OH excluding ortho intramolecular Hbond substituents is 1. The van der Waals surface area contributed by atoms with Crippen molar-refractivity contribution in [1.82, 2.24) is 5.32 Å². The van der Waals surface area contributed by atoms with Gasteiger partial charge in [-0.15, -0.1) is 0 Å². The van der Waals surface area contributed by atoms with Crippen LogP contribution in [0.4, 0.5) is 10.5 Å². The first-order chi connectivity index (χ1) is 15.3. The molecule has 0 bridgehead atoms. The minimum Gasteiger partial charge on any atom is -0.506 e. The maximum Gasteiger partial charge on any atom is 0.408 e. The number of alkyl carbamates (subject to hydrolysis) is 1. The molecule has 0 unspecified atom stereocenters. The Bertz CT molecular complexity index is 1110. The first kappa shape index (κ1) is 22.4. The first-order valence-electron chi connectivity index (χ1n) is 9.79. The smallest absolute Gasteiger partial charge is 0.408 e. The number of carbonyl (C=O) groups excluding carboxylic acids is 2. The second kappa shape index (κ2) is 10.1. The quantitative estimate of drug-likeness (QED) is 0.410. The number of hydrogen-bond acceptors (Lipinski definition) is 5. The predicted octanol–water partition coefficient (Wildman–Crippen LogP) is 4.33. The molecular formula is C24H22N2O6. The van der Waals surface area contributed by atoms with E-state index in [2.05, 4.69) is 10.6 Å². The maximum atomic E-state index is 12.3. The zero-order valence-electron chi connectivity index (χ0n) is 17.2. The molecule has 0 aromatic heterocycles. The van der Waals surface area contributed by atoms with Gasteiger partial charge in [-0.2, -0.15) is 0 Å². The summed E-state index contributed by atoms with van der Waals surface area (Å²) in [6.07, 6.45) is -1.18. The summed E-state index contributed by atoms with van der Waals surface area (Å²) in [4.78, 5) is 35.3. The van der Waals surface area contributed by atoms with E-state index in [4.69, 9.17) is 9.84 Å². The lowest BCUT2D eigenvalue weighted by Crippen LogP contribution is -2.25.